The first-order valence-electron chi connectivity index (χ1n) is 6.74. The molecule has 0 N–H and O–H groups in total. The van der Waals surface area contributed by atoms with Crippen LogP contribution in [0.25, 0.3) is 0 Å². The van der Waals surface area contributed by atoms with Crippen LogP contribution in [0, 0.1) is 11.8 Å². The largest absolute Gasteiger partial charge is 0.465 e. The SMILES string of the molecule is CC(=O)CCOC(=O)CC(C)C1CCCCC1. The molecule has 3 heteroatoms. The number of hydrogen-bond acceptors (Lipinski definition) is 3. The molecule has 0 bridgehead atoms. The summed E-state index contributed by atoms with van der Waals surface area (Å²) in [5.74, 6) is 1.02. The smallest absolute Gasteiger partial charge is 0.306 e. The number of ether oxygens (including phenoxy) is 1. The molecule has 0 heterocycles. The van der Waals surface area contributed by atoms with Gasteiger partial charge in [-0.15, -0.1) is 0 Å². The summed E-state index contributed by atoms with van der Waals surface area (Å²) < 4.78 is 5.05. The predicted molar refractivity (Wildman–Crippen MR) is 66.6 cm³/mol. The minimum absolute atomic E-state index is 0.0677. The molecule has 3 nitrogen and oxygen atoms in total. The second kappa shape index (κ2) is 7.46. The highest BCUT2D eigenvalue weighted by atomic mass is 16.5. The van der Waals surface area contributed by atoms with Crippen LogP contribution in [-0.4, -0.2) is 18.4 Å². The van der Waals surface area contributed by atoms with Gasteiger partial charge in [0.25, 0.3) is 0 Å². The summed E-state index contributed by atoms with van der Waals surface area (Å²) in [7, 11) is 0. The summed E-state index contributed by atoms with van der Waals surface area (Å²) in [4.78, 5) is 22.2. The second-order valence-electron chi connectivity index (χ2n) is 5.25. The van der Waals surface area contributed by atoms with E-state index in [1.807, 2.05) is 0 Å². The molecule has 0 aromatic heterocycles. The highest BCUT2D eigenvalue weighted by Crippen LogP contribution is 2.31. The average Bonchev–Trinajstić information content (AvgIpc) is 2.29. The Morgan fingerprint density at radius 1 is 1.24 bits per heavy atom. The lowest BCUT2D eigenvalue weighted by Gasteiger charge is -2.26. The van der Waals surface area contributed by atoms with Crippen molar-refractivity contribution in [3.8, 4) is 0 Å². The first kappa shape index (κ1) is 14.2. The summed E-state index contributed by atoms with van der Waals surface area (Å²) in [5.41, 5.74) is 0. The molecule has 1 fully saturated rings. The Labute approximate surface area is 104 Å². The van der Waals surface area contributed by atoms with Gasteiger partial charge in [0.1, 0.15) is 5.78 Å². The van der Waals surface area contributed by atoms with E-state index in [1.54, 1.807) is 0 Å². The van der Waals surface area contributed by atoms with Crippen molar-refractivity contribution in [2.24, 2.45) is 11.8 Å². The predicted octanol–water partition coefficient (Wildman–Crippen LogP) is 3.12. The quantitative estimate of drug-likeness (QED) is 0.670. The zero-order valence-electron chi connectivity index (χ0n) is 11.0. The number of esters is 1. The van der Waals surface area contributed by atoms with Crippen molar-refractivity contribution in [2.45, 2.75) is 58.8 Å². The van der Waals surface area contributed by atoms with Crippen LogP contribution in [0.2, 0.25) is 0 Å². The van der Waals surface area contributed by atoms with E-state index in [0.29, 0.717) is 24.7 Å². The minimum atomic E-state index is -0.149. The van der Waals surface area contributed by atoms with E-state index in [4.69, 9.17) is 4.74 Å². The van der Waals surface area contributed by atoms with Crippen LogP contribution in [0.1, 0.15) is 58.8 Å². The fourth-order valence-electron chi connectivity index (χ4n) is 2.50. The first-order chi connectivity index (χ1) is 8.09. The van der Waals surface area contributed by atoms with Gasteiger partial charge in [-0.3, -0.25) is 9.59 Å². The van der Waals surface area contributed by atoms with Crippen LogP contribution in [0.5, 0.6) is 0 Å². The van der Waals surface area contributed by atoms with Crippen LogP contribution >= 0.6 is 0 Å². The van der Waals surface area contributed by atoms with Gasteiger partial charge in [0.2, 0.25) is 0 Å². The van der Waals surface area contributed by atoms with Crippen molar-refractivity contribution in [3.05, 3.63) is 0 Å². The van der Waals surface area contributed by atoms with E-state index in [1.165, 1.54) is 39.0 Å². The lowest BCUT2D eigenvalue weighted by Crippen LogP contribution is -2.20. The molecule has 1 unspecified atom stereocenters. The molecule has 1 atom stereocenters. The summed E-state index contributed by atoms with van der Waals surface area (Å²) >= 11 is 0. The Hall–Kier alpha value is -0.860. The Kier molecular flexibility index (Phi) is 6.23. The van der Waals surface area contributed by atoms with Gasteiger partial charge in [0, 0.05) is 12.8 Å². The Balaban J connectivity index is 2.18. The number of carbonyl (C=O) groups is 2. The van der Waals surface area contributed by atoms with Crippen LogP contribution in [0.3, 0.4) is 0 Å². The maximum atomic E-state index is 11.5. The Bertz CT molecular complexity index is 254. The van der Waals surface area contributed by atoms with Crippen molar-refractivity contribution in [2.75, 3.05) is 6.61 Å². The van der Waals surface area contributed by atoms with Crippen LogP contribution in [-0.2, 0) is 14.3 Å². The average molecular weight is 240 g/mol. The molecule has 0 aromatic carbocycles. The van der Waals surface area contributed by atoms with E-state index in [2.05, 4.69) is 6.92 Å². The Morgan fingerprint density at radius 3 is 2.47 bits per heavy atom. The second-order valence-corrected chi connectivity index (χ2v) is 5.25. The van der Waals surface area contributed by atoms with Crippen molar-refractivity contribution < 1.29 is 14.3 Å². The van der Waals surface area contributed by atoms with E-state index < -0.39 is 0 Å². The monoisotopic (exact) mass is 240 g/mol. The molecule has 0 saturated heterocycles. The summed E-state index contributed by atoms with van der Waals surface area (Å²) in [6.07, 6.45) is 7.28. The topological polar surface area (TPSA) is 43.4 Å². The fourth-order valence-corrected chi connectivity index (χ4v) is 2.50. The zero-order valence-corrected chi connectivity index (χ0v) is 11.0. The number of hydrogen-bond donors (Lipinski definition) is 0. The van der Waals surface area contributed by atoms with Crippen molar-refractivity contribution in [1.82, 2.24) is 0 Å². The maximum absolute atomic E-state index is 11.5. The fraction of sp³-hybridized carbons (Fsp3) is 0.857. The molecule has 1 aliphatic rings. The third kappa shape index (κ3) is 5.85. The number of rotatable bonds is 6. The van der Waals surface area contributed by atoms with E-state index in [0.717, 1.165) is 0 Å². The lowest BCUT2D eigenvalue weighted by molar-refractivity contribution is -0.145. The molecular formula is C14H24O3. The third-order valence-corrected chi connectivity index (χ3v) is 3.66. The minimum Gasteiger partial charge on any atom is -0.465 e. The molecule has 0 aliphatic heterocycles. The van der Waals surface area contributed by atoms with E-state index in [-0.39, 0.29) is 18.4 Å². The van der Waals surface area contributed by atoms with Gasteiger partial charge < -0.3 is 4.74 Å². The number of Topliss-reactive ketones (excluding diaryl/α,β-unsaturated/α-hetero) is 1. The van der Waals surface area contributed by atoms with Gasteiger partial charge in [-0.25, -0.2) is 0 Å². The van der Waals surface area contributed by atoms with Gasteiger partial charge in [0.05, 0.1) is 6.61 Å². The standard InChI is InChI=1S/C14H24O3/c1-11(13-6-4-3-5-7-13)10-14(16)17-9-8-12(2)15/h11,13H,3-10H2,1-2H3. The molecule has 17 heavy (non-hydrogen) atoms. The molecular weight excluding hydrogens is 216 g/mol. The van der Waals surface area contributed by atoms with Crippen molar-refractivity contribution >= 4 is 11.8 Å². The van der Waals surface area contributed by atoms with Crippen LogP contribution in [0.15, 0.2) is 0 Å². The summed E-state index contributed by atoms with van der Waals surface area (Å²) in [6, 6.07) is 0. The molecule has 0 amide bonds. The summed E-state index contributed by atoms with van der Waals surface area (Å²) in [6.45, 7) is 3.90. The van der Waals surface area contributed by atoms with Crippen molar-refractivity contribution in [3.63, 3.8) is 0 Å². The lowest BCUT2D eigenvalue weighted by atomic mass is 9.79. The molecule has 1 rings (SSSR count). The van der Waals surface area contributed by atoms with E-state index in [9.17, 15) is 9.59 Å². The molecule has 0 aromatic rings. The van der Waals surface area contributed by atoms with E-state index >= 15 is 0 Å². The normalized spacial score (nSPS) is 18.7. The van der Waals surface area contributed by atoms with Gasteiger partial charge in [0.15, 0.2) is 0 Å². The third-order valence-electron chi connectivity index (χ3n) is 3.66. The zero-order chi connectivity index (χ0) is 12.7. The first-order valence-corrected chi connectivity index (χ1v) is 6.74. The Morgan fingerprint density at radius 2 is 1.88 bits per heavy atom. The van der Waals surface area contributed by atoms with Crippen LogP contribution in [0.4, 0.5) is 0 Å². The highest BCUT2D eigenvalue weighted by Gasteiger charge is 2.22. The number of carbonyl (C=O) groups excluding carboxylic acids is 2. The van der Waals surface area contributed by atoms with Gasteiger partial charge in [-0.2, -0.15) is 0 Å². The van der Waals surface area contributed by atoms with Gasteiger partial charge in [-0.1, -0.05) is 39.0 Å². The molecule has 0 spiro atoms. The van der Waals surface area contributed by atoms with Crippen molar-refractivity contribution in [1.29, 1.82) is 0 Å². The summed E-state index contributed by atoms with van der Waals surface area (Å²) in [5, 5.41) is 0. The molecule has 98 valence electrons. The molecule has 0 radical (unpaired) electrons. The van der Waals surface area contributed by atoms with Gasteiger partial charge >= 0.3 is 5.97 Å². The molecule has 1 saturated carbocycles. The van der Waals surface area contributed by atoms with Crippen LogP contribution < -0.4 is 0 Å². The molecule has 1 aliphatic carbocycles. The van der Waals surface area contributed by atoms with Gasteiger partial charge in [-0.05, 0) is 18.8 Å². The maximum Gasteiger partial charge on any atom is 0.306 e. The number of ketones is 1. The highest BCUT2D eigenvalue weighted by molar-refractivity contribution is 5.76.